The normalized spacial score (nSPS) is 30.3. The summed E-state index contributed by atoms with van der Waals surface area (Å²) in [6, 6.07) is 0. The molecule has 0 amide bonds. The molecule has 0 spiro atoms. The molecule has 0 aromatic heterocycles. The van der Waals surface area contributed by atoms with Crippen molar-refractivity contribution in [3.63, 3.8) is 0 Å². The van der Waals surface area contributed by atoms with Crippen LogP contribution in [0.3, 0.4) is 0 Å². The Morgan fingerprint density at radius 2 is 2.00 bits per heavy atom. The van der Waals surface area contributed by atoms with Gasteiger partial charge < -0.3 is 4.90 Å². The van der Waals surface area contributed by atoms with Gasteiger partial charge in [0.25, 0.3) is 0 Å². The highest BCUT2D eigenvalue weighted by Crippen LogP contribution is 2.28. The predicted molar refractivity (Wildman–Crippen MR) is 52.8 cm³/mol. The minimum absolute atomic E-state index is 0.0602. The van der Waals surface area contributed by atoms with Crippen molar-refractivity contribution < 1.29 is 8.42 Å². The minimum atomic E-state index is -3.35. The molecule has 1 aliphatic heterocycles. The first-order valence-electron chi connectivity index (χ1n) is 4.46. The van der Waals surface area contributed by atoms with Gasteiger partial charge in [-0.05, 0) is 40.3 Å². The summed E-state index contributed by atoms with van der Waals surface area (Å²) in [5, 5.41) is 4.77. The van der Waals surface area contributed by atoms with Gasteiger partial charge in [0, 0.05) is 5.54 Å². The monoisotopic (exact) mass is 206 g/mol. The third-order valence-electron chi connectivity index (χ3n) is 3.01. The maximum absolute atomic E-state index is 11.1. The van der Waals surface area contributed by atoms with Crippen LogP contribution in [0.5, 0.6) is 0 Å². The molecule has 1 unspecified atom stereocenters. The molecule has 0 aromatic rings. The van der Waals surface area contributed by atoms with Gasteiger partial charge in [0.2, 0.25) is 10.0 Å². The molecule has 78 valence electrons. The van der Waals surface area contributed by atoms with Gasteiger partial charge in [-0.25, -0.2) is 13.6 Å². The lowest BCUT2D eigenvalue weighted by molar-refractivity contribution is 0.109. The Kier molecular flexibility index (Phi) is 2.71. The van der Waals surface area contributed by atoms with Crippen LogP contribution in [-0.4, -0.2) is 37.7 Å². The van der Waals surface area contributed by atoms with Crippen molar-refractivity contribution in [3.05, 3.63) is 0 Å². The molecular weight excluding hydrogens is 188 g/mol. The molecule has 1 atom stereocenters. The zero-order valence-corrected chi connectivity index (χ0v) is 9.26. The number of piperidine rings is 1. The molecule has 0 aromatic carbocycles. The molecule has 2 N–H and O–H groups in total. The van der Waals surface area contributed by atoms with Crippen LogP contribution in [0, 0.1) is 0 Å². The Morgan fingerprint density at radius 3 is 2.38 bits per heavy atom. The van der Waals surface area contributed by atoms with Gasteiger partial charge in [0.15, 0.2) is 0 Å². The average molecular weight is 206 g/mol. The van der Waals surface area contributed by atoms with Crippen molar-refractivity contribution in [2.75, 3.05) is 13.6 Å². The zero-order valence-electron chi connectivity index (χ0n) is 8.45. The van der Waals surface area contributed by atoms with Gasteiger partial charge in [0.05, 0.1) is 5.25 Å². The van der Waals surface area contributed by atoms with E-state index in [1.807, 2.05) is 20.9 Å². The van der Waals surface area contributed by atoms with Gasteiger partial charge in [-0.15, -0.1) is 0 Å². The average Bonchev–Trinajstić information content (AvgIpc) is 1.92. The predicted octanol–water partition coefficient (Wildman–Crippen LogP) is 0.148. The first-order valence-corrected chi connectivity index (χ1v) is 6.07. The SMILES string of the molecule is CN1CCC(S(N)(=O)=O)CC1(C)C. The van der Waals surface area contributed by atoms with Crippen molar-refractivity contribution in [2.24, 2.45) is 5.14 Å². The zero-order chi connectivity index (χ0) is 10.3. The van der Waals surface area contributed by atoms with Gasteiger partial charge in [-0.3, -0.25) is 0 Å². The summed E-state index contributed by atoms with van der Waals surface area (Å²) >= 11 is 0. The van der Waals surface area contributed by atoms with E-state index in [4.69, 9.17) is 5.14 Å². The fourth-order valence-electron chi connectivity index (χ4n) is 1.74. The van der Waals surface area contributed by atoms with Crippen molar-refractivity contribution in [3.8, 4) is 0 Å². The number of nitrogens with two attached hydrogens (primary N) is 1. The van der Waals surface area contributed by atoms with Gasteiger partial charge in [-0.1, -0.05) is 0 Å². The highest BCUT2D eigenvalue weighted by Gasteiger charge is 2.36. The highest BCUT2D eigenvalue weighted by molar-refractivity contribution is 7.89. The maximum Gasteiger partial charge on any atom is 0.212 e. The lowest BCUT2D eigenvalue weighted by Gasteiger charge is -2.42. The van der Waals surface area contributed by atoms with Crippen LogP contribution in [0.25, 0.3) is 0 Å². The highest BCUT2D eigenvalue weighted by atomic mass is 32.2. The smallest absolute Gasteiger partial charge is 0.212 e. The van der Waals surface area contributed by atoms with Crippen molar-refractivity contribution >= 4 is 10.0 Å². The summed E-state index contributed by atoms with van der Waals surface area (Å²) in [6.07, 6.45) is 1.28. The van der Waals surface area contributed by atoms with Crippen LogP contribution >= 0.6 is 0 Å². The Morgan fingerprint density at radius 1 is 1.46 bits per heavy atom. The molecule has 1 rings (SSSR count). The number of hydrogen-bond acceptors (Lipinski definition) is 3. The summed E-state index contributed by atoms with van der Waals surface area (Å²) in [4.78, 5) is 2.18. The van der Waals surface area contributed by atoms with Gasteiger partial charge >= 0.3 is 0 Å². The Balaban J connectivity index is 2.78. The number of rotatable bonds is 1. The van der Waals surface area contributed by atoms with E-state index in [-0.39, 0.29) is 10.8 Å². The number of sulfonamides is 1. The van der Waals surface area contributed by atoms with Crippen LogP contribution in [0.15, 0.2) is 0 Å². The Labute approximate surface area is 80.1 Å². The second kappa shape index (κ2) is 3.22. The first-order chi connectivity index (χ1) is 5.73. The van der Waals surface area contributed by atoms with E-state index in [0.29, 0.717) is 12.8 Å². The van der Waals surface area contributed by atoms with Crippen LogP contribution in [0.4, 0.5) is 0 Å². The van der Waals surface area contributed by atoms with Crippen LogP contribution < -0.4 is 5.14 Å². The summed E-state index contributed by atoms with van der Waals surface area (Å²) in [5.41, 5.74) is -0.0602. The lowest BCUT2D eigenvalue weighted by Crippen LogP contribution is -2.52. The molecule has 13 heavy (non-hydrogen) atoms. The van der Waals surface area contributed by atoms with E-state index in [1.165, 1.54) is 0 Å². The maximum atomic E-state index is 11.1. The van der Waals surface area contributed by atoms with Crippen LogP contribution in [0.2, 0.25) is 0 Å². The summed E-state index contributed by atoms with van der Waals surface area (Å²) in [5.74, 6) is 0. The van der Waals surface area contributed by atoms with Crippen LogP contribution in [0.1, 0.15) is 26.7 Å². The summed E-state index contributed by atoms with van der Waals surface area (Å²) < 4.78 is 22.3. The Hall–Kier alpha value is -0.130. The fraction of sp³-hybridized carbons (Fsp3) is 1.00. The van der Waals surface area contributed by atoms with E-state index in [1.54, 1.807) is 0 Å². The molecule has 1 fully saturated rings. The molecule has 0 bridgehead atoms. The standard InChI is InChI=1S/C8H18N2O2S/c1-8(2)6-7(13(9,11)12)4-5-10(8)3/h7H,4-6H2,1-3H3,(H2,9,11,12). The van der Waals surface area contributed by atoms with E-state index in [2.05, 4.69) is 4.90 Å². The molecule has 0 saturated carbocycles. The minimum Gasteiger partial charge on any atom is -0.301 e. The van der Waals surface area contributed by atoms with E-state index in [9.17, 15) is 8.42 Å². The van der Waals surface area contributed by atoms with E-state index in [0.717, 1.165) is 6.54 Å². The summed E-state index contributed by atoms with van der Waals surface area (Å²) in [7, 11) is -1.33. The molecule has 4 nitrogen and oxygen atoms in total. The molecule has 5 heteroatoms. The van der Waals surface area contributed by atoms with E-state index < -0.39 is 10.0 Å². The topological polar surface area (TPSA) is 63.4 Å². The molecule has 1 aliphatic rings. The lowest BCUT2D eigenvalue weighted by atomic mass is 9.91. The quantitative estimate of drug-likeness (QED) is 0.664. The molecule has 0 aliphatic carbocycles. The van der Waals surface area contributed by atoms with Crippen molar-refractivity contribution in [1.29, 1.82) is 0 Å². The molecule has 1 saturated heterocycles. The first kappa shape index (κ1) is 10.9. The number of hydrogen-bond donors (Lipinski definition) is 1. The third-order valence-corrected chi connectivity index (χ3v) is 4.34. The molecule has 1 heterocycles. The second-order valence-corrected chi connectivity index (χ2v) is 6.28. The van der Waals surface area contributed by atoms with Crippen LogP contribution in [-0.2, 0) is 10.0 Å². The van der Waals surface area contributed by atoms with Crippen molar-refractivity contribution in [2.45, 2.75) is 37.5 Å². The second-order valence-electron chi connectivity index (χ2n) is 4.44. The largest absolute Gasteiger partial charge is 0.301 e. The van der Waals surface area contributed by atoms with Gasteiger partial charge in [-0.2, -0.15) is 0 Å². The van der Waals surface area contributed by atoms with E-state index >= 15 is 0 Å². The fourth-order valence-corrected chi connectivity index (χ4v) is 2.81. The number of primary sulfonamides is 1. The number of likely N-dealkylation sites (tertiary alicyclic amines) is 1. The Bertz CT molecular complexity index is 285. The third kappa shape index (κ3) is 2.42. The number of nitrogens with zero attached hydrogens (tertiary/aromatic N) is 1. The molecule has 0 radical (unpaired) electrons. The van der Waals surface area contributed by atoms with Gasteiger partial charge in [0.1, 0.15) is 0 Å². The van der Waals surface area contributed by atoms with Crippen molar-refractivity contribution in [1.82, 2.24) is 4.90 Å². The molecular formula is C8H18N2O2S. The summed E-state index contributed by atoms with van der Waals surface area (Å²) in [6.45, 7) is 4.89.